The first-order valence-electron chi connectivity index (χ1n) is 7.53. The highest BCUT2D eigenvalue weighted by atomic mass is 16.5. The Morgan fingerprint density at radius 1 is 1.37 bits per heavy atom. The van der Waals surface area contributed by atoms with Gasteiger partial charge in [0.1, 0.15) is 5.75 Å². The first kappa shape index (κ1) is 14.1. The van der Waals surface area contributed by atoms with Gasteiger partial charge in [0.05, 0.1) is 6.61 Å². The highest BCUT2D eigenvalue weighted by molar-refractivity contribution is 5.96. The van der Waals surface area contributed by atoms with Gasteiger partial charge in [-0.15, -0.1) is 0 Å². The Labute approximate surface area is 116 Å². The Morgan fingerprint density at radius 3 is 2.95 bits per heavy atom. The van der Waals surface area contributed by atoms with Gasteiger partial charge in [-0.05, 0) is 29.7 Å². The first-order chi connectivity index (χ1) is 9.24. The van der Waals surface area contributed by atoms with Crippen LogP contribution in [-0.4, -0.2) is 12.4 Å². The molecule has 1 aliphatic heterocycles. The van der Waals surface area contributed by atoms with Gasteiger partial charge in [0.2, 0.25) is 0 Å². The molecule has 0 radical (unpaired) electrons. The van der Waals surface area contributed by atoms with Crippen molar-refractivity contribution in [1.82, 2.24) is 0 Å². The van der Waals surface area contributed by atoms with E-state index < -0.39 is 0 Å². The lowest BCUT2D eigenvalue weighted by Crippen LogP contribution is -2.08. The van der Waals surface area contributed by atoms with Gasteiger partial charge in [-0.1, -0.05) is 39.5 Å². The van der Waals surface area contributed by atoms with Gasteiger partial charge in [-0.25, -0.2) is 0 Å². The van der Waals surface area contributed by atoms with Crippen molar-refractivity contribution in [1.29, 1.82) is 0 Å². The number of hydrogen-bond donors (Lipinski definition) is 0. The smallest absolute Gasteiger partial charge is 0.163 e. The summed E-state index contributed by atoms with van der Waals surface area (Å²) in [4.78, 5) is 12.3. The van der Waals surface area contributed by atoms with Gasteiger partial charge in [0, 0.05) is 18.4 Å². The molecule has 0 bridgehead atoms. The normalized spacial score (nSPS) is 14.8. The molecule has 19 heavy (non-hydrogen) atoms. The lowest BCUT2D eigenvalue weighted by Gasteiger charge is -2.13. The number of ketones is 1. The zero-order valence-electron chi connectivity index (χ0n) is 12.1. The maximum atomic E-state index is 12.3. The molecule has 2 nitrogen and oxygen atoms in total. The van der Waals surface area contributed by atoms with Crippen LogP contribution < -0.4 is 4.74 Å². The predicted octanol–water partition coefficient (Wildman–Crippen LogP) is 4.41. The van der Waals surface area contributed by atoms with Crippen molar-refractivity contribution >= 4 is 5.78 Å². The zero-order chi connectivity index (χ0) is 13.7. The van der Waals surface area contributed by atoms with Gasteiger partial charge in [0.25, 0.3) is 0 Å². The number of benzene rings is 1. The Balaban J connectivity index is 1.99. The molecular weight excluding hydrogens is 236 g/mol. The number of hydrogen-bond acceptors (Lipinski definition) is 2. The zero-order valence-corrected chi connectivity index (χ0v) is 12.1. The molecule has 104 valence electrons. The molecule has 0 saturated heterocycles. The molecule has 0 aromatic heterocycles. The third kappa shape index (κ3) is 3.59. The Bertz CT molecular complexity index is 437. The van der Waals surface area contributed by atoms with E-state index in [2.05, 4.69) is 13.8 Å². The summed E-state index contributed by atoms with van der Waals surface area (Å²) in [5, 5.41) is 0. The van der Waals surface area contributed by atoms with E-state index >= 15 is 0 Å². The summed E-state index contributed by atoms with van der Waals surface area (Å²) >= 11 is 0. The molecule has 0 amide bonds. The van der Waals surface area contributed by atoms with Crippen LogP contribution in [0.4, 0.5) is 0 Å². The molecule has 0 N–H and O–H groups in total. The van der Waals surface area contributed by atoms with E-state index in [-0.39, 0.29) is 5.78 Å². The van der Waals surface area contributed by atoms with E-state index in [0.29, 0.717) is 12.3 Å². The van der Waals surface area contributed by atoms with E-state index in [1.807, 2.05) is 18.2 Å². The second-order valence-electron chi connectivity index (χ2n) is 5.46. The molecule has 0 saturated carbocycles. The molecule has 1 unspecified atom stereocenters. The van der Waals surface area contributed by atoms with Crippen LogP contribution in [0, 0.1) is 5.92 Å². The van der Waals surface area contributed by atoms with Gasteiger partial charge >= 0.3 is 0 Å². The minimum absolute atomic E-state index is 0.289. The SMILES string of the molecule is CCCCC(CC)CC(=O)c1ccc2c(c1)CCO2. The van der Waals surface area contributed by atoms with Crippen molar-refractivity contribution in [2.45, 2.75) is 52.4 Å². The average Bonchev–Trinajstić information content (AvgIpc) is 2.90. The van der Waals surface area contributed by atoms with Crippen LogP contribution in [0.5, 0.6) is 5.75 Å². The van der Waals surface area contributed by atoms with Crippen molar-refractivity contribution in [2.24, 2.45) is 5.92 Å². The molecule has 2 rings (SSSR count). The van der Waals surface area contributed by atoms with Gasteiger partial charge in [-0.3, -0.25) is 4.79 Å². The van der Waals surface area contributed by atoms with Crippen LogP contribution in [-0.2, 0) is 6.42 Å². The standard InChI is InChI=1S/C17H24O2/c1-3-5-6-13(4-2)11-16(18)14-7-8-17-15(12-14)9-10-19-17/h7-8,12-13H,3-6,9-11H2,1-2H3. The third-order valence-corrected chi connectivity index (χ3v) is 4.03. The molecule has 1 heterocycles. The molecule has 0 aliphatic carbocycles. The van der Waals surface area contributed by atoms with Crippen LogP contribution >= 0.6 is 0 Å². The minimum Gasteiger partial charge on any atom is -0.493 e. The fraction of sp³-hybridized carbons (Fsp3) is 0.588. The third-order valence-electron chi connectivity index (χ3n) is 4.03. The van der Waals surface area contributed by atoms with E-state index in [1.54, 1.807) is 0 Å². The van der Waals surface area contributed by atoms with Crippen molar-refractivity contribution in [3.63, 3.8) is 0 Å². The Kier molecular flexibility index (Phi) is 5.00. The predicted molar refractivity (Wildman–Crippen MR) is 77.9 cm³/mol. The van der Waals surface area contributed by atoms with E-state index in [0.717, 1.165) is 30.8 Å². The number of carbonyl (C=O) groups is 1. The Hall–Kier alpha value is -1.31. The monoisotopic (exact) mass is 260 g/mol. The molecule has 1 aromatic carbocycles. The average molecular weight is 260 g/mol. The Morgan fingerprint density at radius 2 is 2.21 bits per heavy atom. The molecule has 0 spiro atoms. The summed E-state index contributed by atoms with van der Waals surface area (Å²) in [5.74, 6) is 1.78. The second kappa shape index (κ2) is 6.74. The topological polar surface area (TPSA) is 26.3 Å². The largest absolute Gasteiger partial charge is 0.493 e. The summed E-state index contributed by atoms with van der Waals surface area (Å²) in [7, 11) is 0. The van der Waals surface area contributed by atoms with Crippen LogP contribution in [0.25, 0.3) is 0 Å². The van der Waals surface area contributed by atoms with Crippen molar-refractivity contribution in [3.8, 4) is 5.75 Å². The van der Waals surface area contributed by atoms with Gasteiger partial charge < -0.3 is 4.74 Å². The summed E-state index contributed by atoms with van der Waals surface area (Å²) in [6.45, 7) is 5.14. The van der Waals surface area contributed by atoms with Gasteiger partial charge in [-0.2, -0.15) is 0 Å². The van der Waals surface area contributed by atoms with Crippen LogP contribution in [0.2, 0.25) is 0 Å². The number of fused-ring (bicyclic) bond motifs is 1. The molecule has 2 heteroatoms. The lowest BCUT2D eigenvalue weighted by molar-refractivity contribution is 0.0957. The maximum absolute atomic E-state index is 12.3. The van der Waals surface area contributed by atoms with E-state index in [4.69, 9.17) is 4.74 Å². The van der Waals surface area contributed by atoms with E-state index in [9.17, 15) is 4.79 Å². The van der Waals surface area contributed by atoms with Crippen LogP contribution in [0.3, 0.4) is 0 Å². The second-order valence-corrected chi connectivity index (χ2v) is 5.46. The van der Waals surface area contributed by atoms with Gasteiger partial charge in [0.15, 0.2) is 5.78 Å². The van der Waals surface area contributed by atoms with Crippen molar-refractivity contribution in [3.05, 3.63) is 29.3 Å². The summed E-state index contributed by atoms with van der Waals surface area (Å²) in [6, 6.07) is 5.89. The number of Topliss-reactive ketones (excluding diaryl/α,β-unsaturated/α-hetero) is 1. The minimum atomic E-state index is 0.289. The van der Waals surface area contributed by atoms with Crippen molar-refractivity contribution in [2.75, 3.05) is 6.61 Å². The highest BCUT2D eigenvalue weighted by Gasteiger charge is 2.17. The molecule has 0 fully saturated rings. The number of ether oxygens (including phenoxy) is 1. The molecule has 1 aromatic rings. The fourth-order valence-electron chi connectivity index (χ4n) is 2.68. The quantitative estimate of drug-likeness (QED) is 0.679. The molecule has 1 atom stereocenters. The highest BCUT2D eigenvalue weighted by Crippen LogP contribution is 2.27. The molecule has 1 aliphatic rings. The van der Waals surface area contributed by atoms with Crippen molar-refractivity contribution < 1.29 is 9.53 Å². The summed E-state index contributed by atoms with van der Waals surface area (Å²) < 4.78 is 5.48. The lowest BCUT2D eigenvalue weighted by atomic mass is 9.91. The maximum Gasteiger partial charge on any atom is 0.163 e. The molecular formula is C17H24O2. The van der Waals surface area contributed by atoms with E-state index in [1.165, 1.54) is 24.8 Å². The van der Waals surface area contributed by atoms with Crippen LogP contribution in [0.1, 0.15) is 61.9 Å². The first-order valence-corrected chi connectivity index (χ1v) is 7.53. The number of rotatable bonds is 7. The van der Waals surface area contributed by atoms with Crippen LogP contribution in [0.15, 0.2) is 18.2 Å². The summed E-state index contributed by atoms with van der Waals surface area (Å²) in [6.07, 6.45) is 6.33. The number of carbonyl (C=O) groups excluding carboxylic acids is 1. The summed E-state index contributed by atoms with van der Waals surface area (Å²) in [5.41, 5.74) is 2.05. The number of unbranched alkanes of at least 4 members (excludes halogenated alkanes) is 1. The fourth-order valence-corrected chi connectivity index (χ4v) is 2.68.